The van der Waals surface area contributed by atoms with E-state index in [4.69, 9.17) is 0 Å². The van der Waals surface area contributed by atoms with Gasteiger partial charge in [-0.25, -0.2) is 0 Å². The molecule has 106 valence electrons. The number of thioether (sulfide) groups is 1. The maximum Gasteiger partial charge on any atom is 0.573 e. The number of hydrogen-bond donors (Lipinski definition) is 0. The van der Waals surface area contributed by atoms with Crippen LogP contribution < -0.4 is 4.74 Å². The lowest BCUT2D eigenvalue weighted by Crippen LogP contribution is -2.17. The third kappa shape index (κ3) is 6.29. The smallest absolute Gasteiger partial charge is 0.406 e. The predicted molar refractivity (Wildman–Crippen MR) is 68.5 cm³/mol. The zero-order valence-electron chi connectivity index (χ0n) is 10.3. The Balaban J connectivity index is 2.93. The highest BCUT2D eigenvalue weighted by Crippen LogP contribution is 2.24. The largest absolute Gasteiger partial charge is 0.573 e. The second kappa shape index (κ2) is 7.01. The van der Waals surface area contributed by atoms with Crippen molar-refractivity contribution in [2.75, 3.05) is 5.75 Å². The van der Waals surface area contributed by atoms with E-state index >= 15 is 0 Å². The van der Waals surface area contributed by atoms with Crippen molar-refractivity contribution in [1.29, 1.82) is 0 Å². The number of hydrogen-bond acceptors (Lipinski definition) is 4. The van der Waals surface area contributed by atoms with Crippen molar-refractivity contribution in [3.63, 3.8) is 0 Å². The summed E-state index contributed by atoms with van der Waals surface area (Å²) in [6.07, 6.45) is -4.44. The van der Waals surface area contributed by atoms with E-state index in [-0.39, 0.29) is 22.0 Å². The molecule has 0 unspecified atom stereocenters. The van der Waals surface area contributed by atoms with Crippen molar-refractivity contribution >= 4 is 23.2 Å². The Morgan fingerprint density at radius 1 is 1.40 bits per heavy atom. The molecule has 0 aliphatic heterocycles. The molecule has 0 aliphatic rings. The van der Waals surface area contributed by atoms with Crippen LogP contribution in [0.25, 0.3) is 0 Å². The molecule has 1 aromatic rings. The van der Waals surface area contributed by atoms with Crippen LogP contribution in [-0.4, -0.2) is 23.5 Å². The summed E-state index contributed by atoms with van der Waals surface area (Å²) in [4.78, 5) is 21.3. The van der Waals surface area contributed by atoms with Crippen LogP contribution in [0.1, 0.15) is 22.8 Å². The minimum Gasteiger partial charge on any atom is -0.406 e. The number of alkyl halides is 3. The van der Waals surface area contributed by atoms with E-state index in [1.165, 1.54) is 13.0 Å². The monoisotopic (exact) mass is 302 g/mol. The number of carbonyl (C=O) groups is 2. The summed E-state index contributed by atoms with van der Waals surface area (Å²) >= 11 is 0.981. The van der Waals surface area contributed by atoms with Gasteiger partial charge >= 0.3 is 6.36 Å². The Morgan fingerprint density at radius 2 is 2.10 bits per heavy atom. The maximum absolute atomic E-state index is 12.1. The lowest BCUT2D eigenvalue weighted by molar-refractivity contribution is -0.274. The summed E-state index contributed by atoms with van der Waals surface area (Å²) in [6.45, 7) is 1.38. The molecule has 0 heterocycles. The standard InChI is InChI=1S/C13H9F3O3S/c1-9(18)20-4-2-3-10-5-11(8-17)7-12(6-10)19-13(14,15)16/h5-8H,4H2,1H3. The maximum atomic E-state index is 12.1. The average molecular weight is 302 g/mol. The van der Waals surface area contributed by atoms with Gasteiger partial charge in [0, 0.05) is 18.1 Å². The first-order chi connectivity index (χ1) is 9.30. The number of rotatable bonds is 3. The predicted octanol–water partition coefficient (Wildman–Crippen LogP) is 3.03. The van der Waals surface area contributed by atoms with Gasteiger partial charge in [-0.3, -0.25) is 9.59 Å². The molecule has 0 N–H and O–H groups in total. The van der Waals surface area contributed by atoms with Crippen molar-refractivity contribution in [3.05, 3.63) is 29.3 Å². The van der Waals surface area contributed by atoms with Gasteiger partial charge in [-0.15, -0.1) is 13.2 Å². The molecular weight excluding hydrogens is 293 g/mol. The number of aldehydes is 1. The molecule has 0 fully saturated rings. The minimum absolute atomic E-state index is 0.0234. The van der Waals surface area contributed by atoms with Gasteiger partial charge < -0.3 is 4.74 Å². The number of ether oxygens (including phenoxy) is 1. The zero-order valence-corrected chi connectivity index (χ0v) is 11.1. The van der Waals surface area contributed by atoms with Crippen LogP contribution in [0.4, 0.5) is 13.2 Å². The molecule has 0 bridgehead atoms. The fourth-order valence-corrected chi connectivity index (χ4v) is 1.58. The van der Waals surface area contributed by atoms with Crippen molar-refractivity contribution < 1.29 is 27.5 Å². The Hall–Kier alpha value is -1.94. The van der Waals surface area contributed by atoms with Crippen LogP contribution in [0.2, 0.25) is 0 Å². The van der Waals surface area contributed by atoms with Gasteiger partial charge in [0.05, 0.1) is 5.75 Å². The summed E-state index contributed by atoms with van der Waals surface area (Å²) in [6, 6.07) is 3.38. The third-order valence-corrected chi connectivity index (χ3v) is 2.57. The lowest BCUT2D eigenvalue weighted by atomic mass is 10.1. The molecule has 1 rings (SSSR count). The van der Waals surface area contributed by atoms with Gasteiger partial charge in [0.15, 0.2) is 5.12 Å². The zero-order chi connectivity index (χ0) is 15.2. The highest BCUT2D eigenvalue weighted by Gasteiger charge is 2.31. The van der Waals surface area contributed by atoms with Crippen molar-refractivity contribution in [3.8, 4) is 17.6 Å². The first-order valence-electron chi connectivity index (χ1n) is 5.28. The van der Waals surface area contributed by atoms with Crippen LogP contribution in [0.5, 0.6) is 5.75 Å². The average Bonchev–Trinajstić information content (AvgIpc) is 2.32. The number of benzene rings is 1. The van der Waals surface area contributed by atoms with E-state index in [1.807, 2.05) is 0 Å². The van der Waals surface area contributed by atoms with Crippen LogP contribution >= 0.6 is 11.8 Å². The molecule has 0 radical (unpaired) electrons. The fraction of sp³-hybridized carbons (Fsp3) is 0.231. The van der Waals surface area contributed by atoms with E-state index in [0.29, 0.717) is 6.29 Å². The molecule has 0 amide bonds. The number of carbonyl (C=O) groups excluding carboxylic acids is 2. The van der Waals surface area contributed by atoms with Crippen LogP contribution in [-0.2, 0) is 4.79 Å². The van der Waals surface area contributed by atoms with Gasteiger partial charge in [-0.05, 0) is 18.2 Å². The van der Waals surface area contributed by atoms with Crippen LogP contribution in [0.15, 0.2) is 18.2 Å². The van der Waals surface area contributed by atoms with Gasteiger partial charge in [-0.1, -0.05) is 23.6 Å². The molecule has 0 aromatic heterocycles. The van der Waals surface area contributed by atoms with Crippen molar-refractivity contribution in [2.24, 2.45) is 0 Å². The van der Waals surface area contributed by atoms with Crippen molar-refractivity contribution in [1.82, 2.24) is 0 Å². The van der Waals surface area contributed by atoms with E-state index < -0.39 is 12.1 Å². The fourth-order valence-electron chi connectivity index (χ4n) is 1.23. The summed E-state index contributed by atoms with van der Waals surface area (Å²) < 4.78 is 40.1. The Labute approximate surface area is 117 Å². The molecule has 0 saturated heterocycles. The summed E-state index contributed by atoms with van der Waals surface area (Å²) in [5.41, 5.74) is 0.230. The number of halogens is 3. The molecule has 0 saturated carbocycles. The molecular formula is C13H9F3O3S. The highest BCUT2D eigenvalue weighted by molar-refractivity contribution is 8.13. The highest BCUT2D eigenvalue weighted by atomic mass is 32.2. The van der Waals surface area contributed by atoms with E-state index in [9.17, 15) is 22.8 Å². The quantitative estimate of drug-likeness (QED) is 0.636. The third-order valence-electron chi connectivity index (χ3n) is 1.88. The van der Waals surface area contributed by atoms with E-state index in [0.717, 1.165) is 23.9 Å². The second-order valence-corrected chi connectivity index (χ2v) is 4.69. The van der Waals surface area contributed by atoms with Gasteiger partial charge in [0.1, 0.15) is 12.0 Å². The minimum atomic E-state index is -4.84. The van der Waals surface area contributed by atoms with Crippen LogP contribution in [0, 0.1) is 11.8 Å². The Kier molecular flexibility index (Phi) is 5.65. The summed E-state index contributed by atoms with van der Waals surface area (Å²) in [5, 5.41) is -0.109. The molecule has 3 nitrogen and oxygen atoms in total. The molecule has 20 heavy (non-hydrogen) atoms. The van der Waals surface area contributed by atoms with Gasteiger partial charge in [-0.2, -0.15) is 0 Å². The van der Waals surface area contributed by atoms with E-state index in [1.54, 1.807) is 0 Å². The first kappa shape index (κ1) is 16.1. The van der Waals surface area contributed by atoms with E-state index in [2.05, 4.69) is 16.6 Å². The second-order valence-electron chi connectivity index (χ2n) is 3.54. The normalized spacial score (nSPS) is 10.4. The topological polar surface area (TPSA) is 43.4 Å². The molecule has 1 aromatic carbocycles. The van der Waals surface area contributed by atoms with Crippen LogP contribution in [0.3, 0.4) is 0 Å². The van der Waals surface area contributed by atoms with Gasteiger partial charge in [0.2, 0.25) is 0 Å². The summed E-state index contributed by atoms with van der Waals surface area (Å²) in [7, 11) is 0. The Morgan fingerprint density at radius 3 is 2.65 bits per heavy atom. The molecule has 0 atom stereocenters. The molecule has 7 heteroatoms. The first-order valence-corrected chi connectivity index (χ1v) is 6.27. The molecule has 0 aliphatic carbocycles. The van der Waals surface area contributed by atoms with Gasteiger partial charge in [0.25, 0.3) is 0 Å². The molecule has 0 spiro atoms. The summed E-state index contributed by atoms with van der Waals surface area (Å²) in [5.74, 6) is 4.90. The SMILES string of the molecule is CC(=O)SCC#Cc1cc(C=O)cc(OC(F)(F)F)c1. The van der Waals surface area contributed by atoms with Crippen molar-refractivity contribution in [2.45, 2.75) is 13.3 Å². The lowest BCUT2D eigenvalue weighted by Gasteiger charge is -2.09. The Bertz CT molecular complexity index is 570.